The predicted molar refractivity (Wildman–Crippen MR) is 119 cm³/mol. The van der Waals surface area contributed by atoms with Crippen molar-refractivity contribution in [2.24, 2.45) is 0 Å². The molecule has 0 saturated carbocycles. The minimum Gasteiger partial charge on any atom is -0.497 e. The summed E-state index contributed by atoms with van der Waals surface area (Å²) in [6.07, 6.45) is 1.83. The number of nitrogens with zero attached hydrogens (tertiary/aromatic N) is 1. The number of fused-ring (bicyclic) bond motifs is 1. The van der Waals surface area contributed by atoms with Crippen molar-refractivity contribution in [1.29, 1.82) is 0 Å². The molecular weight excluding hydrogens is 358 g/mol. The first-order valence-electron chi connectivity index (χ1n) is 9.81. The SMILES string of the molecule is COc1ccc2c(NCc3cccc(CNCc4ccccc4)c3)ccnc2c1. The number of nitrogens with one attached hydrogen (secondary N) is 2. The lowest BCUT2D eigenvalue weighted by Gasteiger charge is -2.11. The lowest BCUT2D eigenvalue weighted by molar-refractivity contribution is 0.415. The van der Waals surface area contributed by atoms with E-state index >= 15 is 0 Å². The summed E-state index contributed by atoms with van der Waals surface area (Å²) in [6, 6.07) is 27.1. The first kappa shape index (κ1) is 19.0. The highest BCUT2D eigenvalue weighted by Crippen LogP contribution is 2.25. The smallest absolute Gasteiger partial charge is 0.121 e. The van der Waals surface area contributed by atoms with Crippen molar-refractivity contribution in [2.75, 3.05) is 12.4 Å². The van der Waals surface area contributed by atoms with Crippen LogP contribution in [0.15, 0.2) is 85.1 Å². The largest absolute Gasteiger partial charge is 0.497 e. The maximum Gasteiger partial charge on any atom is 0.121 e. The monoisotopic (exact) mass is 383 g/mol. The van der Waals surface area contributed by atoms with Crippen molar-refractivity contribution in [3.63, 3.8) is 0 Å². The number of hydrogen-bond acceptors (Lipinski definition) is 4. The Morgan fingerprint density at radius 1 is 0.759 bits per heavy atom. The van der Waals surface area contributed by atoms with E-state index in [0.717, 1.165) is 42.0 Å². The molecule has 29 heavy (non-hydrogen) atoms. The van der Waals surface area contributed by atoms with Crippen molar-refractivity contribution in [1.82, 2.24) is 10.3 Å². The van der Waals surface area contributed by atoms with Gasteiger partial charge in [-0.05, 0) is 34.9 Å². The van der Waals surface area contributed by atoms with E-state index in [4.69, 9.17) is 4.74 Å². The third-order valence-corrected chi connectivity index (χ3v) is 4.93. The summed E-state index contributed by atoms with van der Waals surface area (Å²) in [4.78, 5) is 4.45. The molecule has 0 amide bonds. The molecule has 4 nitrogen and oxygen atoms in total. The second-order valence-corrected chi connectivity index (χ2v) is 7.00. The Bertz CT molecular complexity index is 1080. The molecule has 0 aliphatic heterocycles. The maximum atomic E-state index is 5.30. The fourth-order valence-electron chi connectivity index (χ4n) is 3.40. The van der Waals surface area contributed by atoms with Gasteiger partial charge >= 0.3 is 0 Å². The molecule has 4 aromatic rings. The average Bonchev–Trinajstić information content (AvgIpc) is 2.78. The van der Waals surface area contributed by atoms with Gasteiger partial charge in [0.25, 0.3) is 0 Å². The Kier molecular flexibility index (Phi) is 6.03. The Balaban J connectivity index is 1.39. The fraction of sp³-hybridized carbons (Fsp3) is 0.160. The van der Waals surface area contributed by atoms with Crippen LogP contribution >= 0.6 is 0 Å². The normalized spacial score (nSPS) is 10.8. The highest BCUT2D eigenvalue weighted by Gasteiger charge is 2.04. The second-order valence-electron chi connectivity index (χ2n) is 7.00. The van der Waals surface area contributed by atoms with E-state index in [2.05, 4.69) is 64.1 Å². The van der Waals surface area contributed by atoms with Gasteiger partial charge in [0.15, 0.2) is 0 Å². The molecule has 0 fully saturated rings. The summed E-state index contributed by atoms with van der Waals surface area (Å²) in [6.45, 7) is 2.48. The number of ether oxygens (including phenoxy) is 1. The van der Waals surface area contributed by atoms with Gasteiger partial charge < -0.3 is 15.4 Å². The maximum absolute atomic E-state index is 5.30. The Morgan fingerprint density at radius 2 is 1.52 bits per heavy atom. The minimum absolute atomic E-state index is 0.762. The van der Waals surface area contributed by atoms with Crippen LogP contribution in [0.3, 0.4) is 0 Å². The number of pyridine rings is 1. The first-order chi connectivity index (χ1) is 14.3. The molecule has 0 aliphatic carbocycles. The molecule has 4 heteroatoms. The van der Waals surface area contributed by atoms with Crippen molar-refractivity contribution >= 4 is 16.6 Å². The van der Waals surface area contributed by atoms with Gasteiger partial charge in [-0.1, -0.05) is 54.6 Å². The van der Waals surface area contributed by atoms with Crippen LogP contribution in [0.2, 0.25) is 0 Å². The summed E-state index contributed by atoms with van der Waals surface area (Å²) < 4.78 is 5.30. The van der Waals surface area contributed by atoms with Crippen LogP contribution in [-0.2, 0) is 19.6 Å². The van der Waals surface area contributed by atoms with Crippen LogP contribution in [0.1, 0.15) is 16.7 Å². The van der Waals surface area contributed by atoms with Gasteiger partial charge in [-0.25, -0.2) is 0 Å². The van der Waals surface area contributed by atoms with E-state index in [1.165, 1.54) is 16.7 Å². The van der Waals surface area contributed by atoms with Gasteiger partial charge in [0.2, 0.25) is 0 Å². The van der Waals surface area contributed by atoms with E-state index in [1.54, 1.807) is 7.11 Å². The van der Waals surface area contributed by atoms with Crippen molar-refractivity contribution < 1.29 is 4.74 Å². The Morgan fingerprint density at radius 3 is 2.34 bits per heavy atom. The molecule has 0 atom stereocenters. The molecule has 0 aliphatic rings. The lowest BCUT2D eigenvalue weighted by atomic mass is 10.1. The molecule has 0 unspecified atom stereocenters. The van der Waals surface area contributed by atoms with Gasteiger partial charge in [-0.2, -0.15) is 0 Å². The number of anilines is 1. The molecule has 2 N–H and O–H groups in total. The summed E-state index contributed by atoms with van der Waals surface area (Å²) in [5, 5.41) is 8.15. The molecular formula is C25H25N3O. The number of hydrogen-bond donors (Lipinski definition) is 2. The first-order valence-corrected chi connectivity index (χ1v) is 9.81. The molecule has 3 aromatic carbocycles. The number of benzene rings is 3. The molecule has 1 heterocycles. The van der Waals surface area contributed by atoms with E-state index in [-0.39, 0.29) is 0 Å². The zero-order chi connectivity index (χ0) is 19.9. The number of rotatable bonds is 8. The van der Waals surface area contributed by atoms with Crippen LogP contribution in [0, 0.1) is 0 Å². The lowest BCUT2D eigenvalue weighted by Crippen LogP contribution is -2.12. The summed E-state index contributed by atoms with van der Waals surface area (Å²) >= 11 is 0. The van der Waals surface area contributed by atoms with Crippen LogP contribution in [0.5, 0.6) is 5.75 Å². The summed E-state index contributed by atoms with van der Waals surface area (Å²) in [7, 11) is 1.67. The Hall–Kier alpha value is -3.37. The molecule has 0 bridgehead atoms. The molecule has 0 saturated heterocycles. The van der Waals surface area contributed by atoms with Gasteiger partial charge in [-0.3, -0.25) is 4.98 Å². The topological polar surface area (TPSA) is 46.2 Å². The highest BCUT2D eigenvalue weighted by atomic mass is 16.5. The summed E-state index contributed by atoms with van der Waals surface area (Å²) in [5.41, 5.74) is 5.83. The van der Waals surface area contributed by atoms with E-state index in [9.17, 15) is 0 Å². The van der Waals surface area contributed by atoms with Crippen molar-refractivity contribution in [3.8, 4) is 5.75 Å². The fourth-order valence-corrected chi connectivity index (χ4v) is 3.40. The number of aromatic nitrogens is 1. The van der Waals surface area contributed by atoms with Crippen LogP contribution in [0.4, 0.5) is 5.69 Å². The quantitative estimate of drug-likeness (QED) is 0.442. The number of methoxy groups -OCH3 is 1. The summed E-state index contributed by atoms with van der Waals surface area (Å²) in [5.74, 6) is 0.817. The van der Waals surface area contributed by atoms with Gasteiger partial charge in [0.1, 0.15) is 5.75 Å². The third kappa shape index (κ3) is 4.92. The van der Waals surface area contributed by atoms with Crippen LogP contribution in [0.25, 0.3) is 10.9 Å². The van der Waals surface area contributed by atoms with Crippen LogP contribution in [-0.4, -0.2) is 12.1 Å². The average molecular weight is 383 g/mol. The Labute approximate surface area is 171 Å². The van der Waals surface area contributed by atoms with Crippen molar-refractivity contribution in [3.05, 3.63) is 102 Å². The minimum atomic E-state index is 0.762. The molecule has 0 spiro atoms. The molecule has 4 rings (SSSR count). The zero-order valence-corrected chi connectivity index (χ0v) is 16.6. The van der Waals surface area contributed by atoms with Gasteiger partial charge in [-0.15, -0.1) is 0 Å². The van der Waals surface area contributed by atoms with Gasteiger partial charge in [0, 0.05) is 43.0 Å². The molecule has 1 aromatic heterocycles. The van der Waals surface area contributed by atoms with Crippen LogP contribution < -0.4 is 15.4 Å². The van der Waals surface area contributed by atoms with E-state index in [1.807, 2.05) is 36.5 Å². The van der Waals surface area contributed by atoms with Gasteiger partial charge in [0.05, 0.1) is 12.6 Å². The third-order valence-electron chi connectivity index (χ3n) is 4.93. The highest BCUT2D eigenvalue weighted by molar-refractivity contribution is 5.91. The molecule has 146 valence electrons. The standard InChI is InChI=1S/C25H25N3O/c1-29-22-10-11-23-24(12-13-27-25(23)15-22)28-18-21-9-5-8-20(14-21)17-26-16-19-6-3-2-4-7-19/h2-15,26H,16-18H2,1H3,(H,27,28). The zero-order valence-electron chi connectivity index (χ0n) is 16.6. The van der Waals surface area contributed by atoms with E-state index in [0.29, 0.717) is 0 Å². The molecule has 0 radical (unpaired) electrons. The van der Waals surface area contributed by atoms with E-state index < -0.39 is 0 Å². The predicted octanol–water partition coefficient (Wildman–Crippen LogP) is 5.15. The van der Waals surface area contributed by atoms with Crippen molar-refractivity contribution in [2.45, 2.75) is 19.6 Å². The second kappa shape index (κ2) is 9.22.